The summed E-state index contributed by atoms with van der Waals surface area (Å²) in [6.45, 7) is 2.09. The van der Waals surface area contributed by atoms with E-state index in [1.807, 2.05) is 12.1 Å². The van der Waals surface area contributed by atoms with Gasteiger partial charge in [-0.15, -0.1) is 0 Å². The highest BCUT2D eigenvalue weighted by Crippen LogP contribution is 2.47. The number of halogens is 2. The molecule has 5 heteroatoms. The summed E-state index contributed by atoms with van der Waals surface area (Å²) in [4.78, 5) is 13.7. The molecule has 2 saturated heterocycles. The maximum absolute atomic E-state index is 11.3. The van der Waals surface area contributed by atoms with Gasteiger partial charge in [0, 0.05) is 18.1 Å². The third kappa shape index (κ3) is 2.12. The zero-order valence-corrected chi connectivity index (χ0v) is 12.7. The zero-order chi connectivity index (χ0) is 14.4. The van der Waals surface area contributed by atoms with Crippen LogP contribution in [0.4, 0.5) is 0 Å². The number of hydrogen-bond acceptors (Lipinski definition) is 2. The van der Waals surface area contributed by atoms with Crippen molar-refractivity contribution in [1.29, 1.82) is 0 Å². The fourth-order valence-corrected chi connectivity index (χ4v) is 4.37. The average Bonchev–Trinajstić information content (AvgIpc) is 2.98. The molecule has 3 nitrogen and oxygen atoms in total. The molecule has 3 rings (SSSR count). The van der Waals surface area contributed by atoms with Gasteiger partial charge in [0.1, 0.15) is 0 Å². The smallest absolute Gasteiger partial charge is 0.308 e. The molecule has 0 amide bonds. The van der Waals surface area contributed by atoms with Gasteiger partial charge in [-0.2, -0.15) is 0 Å². The molecule has 108 valence electrons. The molecule has 2 fully saturated rings. The van der Waals surface area contributed by atoms with Crippen LogP contribution in [0.5, 0.6) is 0 Å². The molecule has 1 aromatic rings. The summed E-state index contributed by atoms with van der Waals surface area (Å²) in [6.07, 6.45) is 2.80. The van der Waals surface area contributed by atoms with Crippen molar-refractivity contribution in [1.82, 2.24) is 4.90 Å². The average molecular weight is 314 g/mol. The third-order valence-electron chi connectivity index (χ3n) is 4.79. The third-order valence-corrected chi connectivity index (χ3v) is 5.62. The summed E-state index contributed by atoms with van der Waals surface area (Å²) < 4.78 is 0. The number of carboxylic acids is 1. The Hall–Kier alpha value is -0.770. The predicted molar refractivity (Wildman–Crippen MR) is 79.3 cm³/mol. The van der Waals surface area contributed by atoms with Crippen molar-refractivity contribution in [3.8, 4) is 0 Å². The first-order chi connectivity index (χ1) is 9.50. The number of nitrogens with zero attached hydrogens (tertiary/aromatic N) is 1. The van der Waals surface area contributed by atoms with E-state index in [1.165, 1.54) is 0 Å². The molecule has 1 aromatic carbocycles. The quantitative estimate of drug-likeness (QED) is 0.917. The van der Waals surface area contributed by atoms with E-state index in [2.05, 4.69) is 11.8 Å². The SMILES string of the molecule is CC(c1cccc(Cl)c1Cl)N1C2CCC1C(C(=O)O)C2. The number of hydrogen-bond donors (Lipinski definition) is 1. The Balaban J connectivity index is 1.90. The highest BCUT2D eigenvalue weighted by atomic mass is 35.5. The van der Waals surface area contributed by atoms with Crippen LogP contribution in [0, 0.1) is 5.92 Å². The molecular formula is C15H17Cl2NO2. The lowest BCUT2D eigenvalue weighted by molar-refractivity contribution is -0.142. The molecule has 2 bridgehead atoms. The van der Waals surface area contributed by atoms with Gasteiger partial charge in [-0.3, -0.25) is 9.69 Å². The Bertz CT molecular complexity index is 549. The van der Waals surface area contributed by atoms with E-state index in [0.29, 0.717) is 16.1 Å². The molecular weight excluding hydrogens is 297 g/mol. The van der Waals surface area contributed by atoms with Gasteiger partial charge in [0.2, 0.25) is 0 Å². The van der Waals surface area contributed by atoms with Crippen molar-refractivity contribution >= 4 is 29.2 Å². The first-order valence-electron chi connectivity index (χ1n) is 6.95. The second kappa shape index (κ2) is 5.21. The van der Waals surface area contributed by atoms with Gasteiger partial charge in [-0.1, -0.05) is 35.3 Å². The monoisotopic (exact) mass is 313 g/mol. The van der Waals surface area contributed by atoms with Crippen molar-refractivity contribution in [3.05, 3.63) is 33.8 Å². The van der Waals surface area contributed by atoms with Gasteiger partial charge in [-0.05, 0) is 37.8 Å². The molecule has 4 atom stereocenters. The van der Waals surface area contributed by atoms with E-state index < -0.39 is 5.97 Å². The highest BCUT2D eigenvalue weighted by Gasteiger charge is 2.51. The van der Waals surface area contributed by atoms with E-state index >= 15 is 0 Å². The van der Waals surface area contributed by atoms with Crippen molar-refractivity contribution < 1.29 is 9.90 Å². The van der Waals surface area contributed by atoms with E-state index in [1.54, 1.807) is 6.07 Å². The Morgan fingerprint density at radius 3 is 2.80 bits per heavy atom. The van der Waals surface area contributed by atoms with Crippen LogP contribution in [0.1, 0.15) is 37.8 Å². The summed E-state index contributed by atoms with van der Waals surface area (Å²) in [6, 6.07) is 6.23. The Labute approximate surface area is 128 Å². The molecule has 0 spiro atoms. The maximum Gasteiger partial charge on any atom is 0.308 e. The first-order valence-corrected chi connectivity index (χ1v) is 7.70. The lowest BCUT2D eigenvalue weighted by atomic mass is 9.89. The second-order valence-electron chi connectivity index (χ2n) is 5.75. The van der Waals surface area contributed by atoms with Gasteiger partial charge in [0.15, 0.2) is 0 Å². The van der Waals surface area contributed by atoms with E-state index in [-0.39, 0.29) is 18.0 Å². The standard InChI is InChI=1S/C15H17Cl2NO2/c1-8(10-3-2-4-12(16)14(10)17)18-9-5-6-13(18)11(7-9)15(19)20/h2-4,8-9,11,13H,5-7H2,1H3,(H,19,20). The molecule has 4 unspecified atom stereocenters. The van der Waals surface area contributed by atoms with Crippen LogP contribution in [0.2, 0.25) is 10.0 Å². The van der Waals surface area contributed by atoms with Crippen LogP contribution in [0.25, 0.3) is 0 Å². The van der Waals surface area contributed by atoms with Gasteiger partial charge in [-0.25, -0.2) is 0 Å². The number of benzene rings is 1. The highest BCUT2D eigenvalue weighted by molar-refractivity contribution is 6.42. The number of carboxylic acid groups (broad SMARTS) is 1. The van der Waals surface area contributed by atoms with Crippen LogP contribution in [-0.2, 0) is 4.79 Å². The van der Waals surface area contributed by atoms with Gasteiger partial charge >= 0.3 is 5.97 Å². The molecule has 2 aliphatic rings. The largest absolute Gasteiger partial charge is 0.481 e. The fourth-order valence-electron chi connectivity index (χ4n) is 3.90. The van der Waals surface area contributed by atoms with E-state index in [0.717, 1.165) is 24.8 Å². The van der Waals surface area contributed by atoms with Gasteiger partial charge in [0.25, 0.3) is 0 Å². The summed E-state index contributed by atoms with van der Waals surface area (Å²) in [7, 11) is 0. The Kier molecular flexibility index (Phi) is 3.69. The predicted octanol–water partition coefficient (Wildman–Crippen LogP) is 3.99. The molecule has 0 aliphatic carbocycles. The second-order valence-corrected chi connectivity index (χ2v) is 6.53. The molecule has 0 radical (unpaired) electrons. The molecule has 2 heterocycles. The van der Waals surface area contributed by atoms with Crippen molar-refractivity contribution in [2.45, 2.75) is 44.3 Å². The molecule has 20 heavy (non-hydrogen) atoms. The van der Waals surface area contributed by atoms with Crippen LogP contribution >= 0.6 is 23.2 Å². The first kappa shape index (κ1) is 14.2. The minimum Gasteiger partial charge on any atom is -0.481 e. The van der Waals surface area contributed by atoms with Gasteiger partial charge < -0.3 is 5.11 Å². The molecule has 0 aromatic heterocycles. The van der Waals surface area contributed by atoms with Crippen molar-refractivity contribution in [2.24, 2.45) is 5.92 Å². The molecule has 1 N–H and O–H groups in total. The number of carbonyl (C=O) groups is 1. The molecule has 2 aliphatic heterocycles. The summed E-state index contributed by atoms with van der Waals surface area (Å²) in [5, 5.41) is 10.5. The summed E-state index contributed by atoms with van der Waals surface area (Å²) >= 11 is 12.4. The summed E-state index contributed by atoms with van der Waals surface area (Å²) in [5.41, 5.74) is 0.988. The van der Waals surface area contributed by atoms with Crippen molar-refractivity contribution in [2.75, 3.05) is 0 Å². The van der Waals surface area contributed by atoms with Crippen LogP contribution < -0.4 is 0 Å². The maximum atomic E-state index is 11.3. The topological polar surface area (TPSA) is 40.5 Å². The zero-order valence-electron chi connectivity index (χ0n) is 11.2. The van der Waals surface area contributed by atoms with Crippen LogP contribution in [-0.4, -0.2) is 28.1 Å². The van der Waals surface area contributed by atoms with E-state index in [4.69, 9.17) is 23.2 Å². The minimum absolute atomic E-state index is 0.100. The Morgan fingerprint density at radius 1 is 1.40 bits per heavy atom. The number of aliphatic carboxylic acids is 1. The lowest BCUT2D eigenvalue weighted by Crippen LogP contribution is -2.35. The molecule has 0 saturated carbocycles. The minimum atomic E-state index is -0.674. The van der Waals surface area contributed by atoms with Crippen molar-refractivity contribution in [3.63, 3.8) is 0 Å². The normalized spacial score (nSPS) is 30.6. The van der Waals surface area contributed by atoms with Gasteiger partial charge in [0.05, 0.1) is 16.0 Å². The summed E-state index contributed by atoms with van der Waals surface area (Å²) in [5.74, 6) is -0.916. The Morgan fingerprint density at radius 2 is 2.15 bits per heavy atom. The number of fused-ring (bicyclic) bond motifs is 2. The fraction of sp³-hybridized carbons (Fsp3) is 0.533. The van der Waals surface area contributed by atoms with Crippen LogP contribution in [0.3, 0.4) is 0 Å². The lowest BCUT2D eigenvalue weighted by Gasteiger charge is -2.30. The van der Waals surface area contributed by atoms with E-state index in [9.17, 15) is 9.90 Å². The number of rotatable bonds is 3. The van der Waals surface area contributed by atoms with Crippen LogP contribution in [0.15, 0.2) is 18.2 Å².